The van der Waals surface area contributed by atoms with Gasteiger partial charge in [-0.15, -0.1) is 0 Å². The van der Waals surface area contributed by atoms with Crippen molar-refractivity contribution >= 4 is 35.3 Å². The number of ether oxygens (including phenoxy) is 3. The molecule has 1 unspecified atom stereocenters. The zero-order valence-corrected chi connectivity index (χ0v) is 37.7. The molecule has 3 fully saturated rings. The van der Waals surface area contributed by atoms with Crippen LogP contribution in [0, 0.1) is 5.41 Å². The lowest BCUT2D eigenvalue weighted by Gasteiger charge is -2.57. The molecule has 4 aromatic rings. The predicted molar refractivity (Wildman–Crippen MR) is 246 cm³/mol. The summed E-state index contributed by atoms with van der Waals surface area (Å²) in [6.07, 6.45) is 12.2. The Morgan fingerprint density at radius 2 is 1.40 bits per heavy atom. The Morgan fingerprint density at radius 1 is 0.769 bits per heavy atom. The Hall–Kier alpha value is -5.86. The molecule has 3 aliphatic heterocycles. The van der Waals surface area contributed by atoms with E-state index in [1.807, 2.05) is 18.2 Å². The molecular weight excluding hydrogens is 825 g/mol. The van der Waals surface area contributed by atoms with Gasteiger partial charge in [-0.05, 0) is 105 Å². The van der Waals surface area contributed by atoms with Crippen molar-refractivity contribution in [3.05, 3.63) is 107 Å². The van der Waals surface area contributed by atoms with Crippen LogP contribution in [-0.2, 0) is 26.3 Å². The molecule has 0 radical (unpaired) electrons. The summed E-state index contributed by atoms with van der Waals surface area (Å²) >= 11 is 0. The number of nitrogens with one attached hydrogen (secondary N) is 2. The summed E-state index contributed by atoms with van der Waals surface area (Å²) in [6.45, 7) is 9.51. The zero-order chi connectivity index (χ0) is 45.4. The number of aliphatic hydroxyl groups excluding tert-OH is 1. The number of amides is 4. The van der Waals surface area contributed by atoms with E-state index in [0.29, 0.717) is 26.4 Å². The summed E-state index contributed by atoms with van der Waals surface area (Å²) in [7, 11) is 0. The van der Waals surface area contributed by atoms with Crippen molar-refractivity contribution in [3.63, 3.8) is 0 Å². The monoisotopic (exact) mass is 886 g/mol. The number of anilines is 2. The molecule has 65 heavy (non-hydrogen) atoms. The van der Waals surface area contributed by atoms with Crippen molar-refractivity contribution in [2.75, 3.05) is 49.7 Å². The lowest BCUT2D eigenvalue weighted by molar-refractivity contribution is -0.136. The first kappa shape index (κ1) is 45.7. The molecule has 8 rings (SSSR count). The lowest BCUT2D eigenvalue weighted by atomic mass is 9.62. The van der Waals surface area contributed by atoms with Gasteiger partial charge in [0.1, 0.15) is 24.1 Å². The van der Waals surface area contributed by atoms with E-state index in [9.17, 15) is 24.3 Å². The maximum atomic E-state index is 13.1. The SMILES string of the molecule is CC(C)(c1ccc(OCCCCCCCCOCCCCNc2ccc3c(c2)C(=O)N(C2CCC(=O)NC2=O)C3=O)cc1)c1ccc(OCc2ccnc(N3CC4(CC(O)C4)C3)n2)cc1. The van der Waals surface area contributed by atoms with Crippen LogP contribution in [0.2, 0.25) is 0 Å². The highest BCUT2D eigenvalue weighted by Crippen LogP contribution is 2.49. The number of fused-ring (bicyclic) bond motifs is 1. The number of carbonyl (C=O) groups excluding carboxylic acids is 4. The molecule has 3 aromatic carbocycles. The molecule has 1 saturated carbocycles. The maximum absolute atomic E-state index is 13.1. The van der Waals surface area contributed by atoms with Crippen LogP contribution in [0.3, 0.4) is 0 Å². The third-order valence-electron chi connectivity index (χ3n) is 13.3. The number of hydrogen-bond acceptors (Lipinski definition) is 12. The van der Waals surface area contributed by atoms with Crippen LogP contribution in [0.1, 0.15) is 128 Å². The fourth-order valence-electron chi connectivity index (χ4n) is 9.43. The first-order valence-electron chi connectivity index (χ1n) is 23.4. The van der Waals surface area contributed by atoms with Crippen LogP contribution in [0.4, 0.5) is 11.6 Å². The third kappa shape index (κ3) is 11.0. The molecule has 4 heterocycles. The summed E-state index contributed by atoms with van der Waals surface area (Å²) in [6, 6.07) is 22.7. The van der Waals surface area contributed by atoms with Gasteiger partial charge >= 0.3 is 0 Å². The molecule has 2 saturated heterocycles. The minimum absolute atomic E-state index is 0.0931. The van der Waals surface area contributed by atoms with Crippen molar-refractivity contribution < 1.29 is 38.5 Å². The van der Waals surface area contributed by atoms with Gasteiger partial charge in [0.2, 0.25) is 17.8 Å². The topological polar surface area (TPSA) is 173 Å². The molecule has 4 amide bonds. The second-order valence-electron chi connectivity index (χ2n) is 18.7. The van der Waals surface area contributed by atoms with Gasteiger partial charge in [-0.2, -0.15) is 0 Å². The number of rotatable bonds is 23. The molecule has 4 aliphatic rings. The largest absolute Gasteiger partial charge is 0.494 e. The van der Waals surface area contributed by atoms with Crippen LogP contribution >= 0.6 is 0 Å². The van der Waals surface area contributed by atoms with Crippen molar-refractivity contribution in [1.29, 1.82) is 0 Å². The van der Waals surface area contributed by atoms with E-state index in [4.69, 9.17) is 19.2 Å². The summed E-state index contributed by atoms with van der Waals surface area (Å²) in [5.41, 5.74) is 4.60. The first-order chi connectivity index (χ1) is 31.5. The van der Waals surface area contributed by atoms with Gasteiger partial charge in [0.25, 0.3) is 11.8 Å². The fraction of sp³-hybridized carbons (Fsp3) is 0.490. The van der Waals surface area contributed by atoms with Crippen molar-refractivity contribution in [1.82, 2.24) is 20.2 Å². The predicted octanol–water partition coefficient (Wildman–Crippen LogP) is 7.37. The van der Waals surface area contributed by atoms with Crippen LogP contribution in [0.5, 0.6) is 11.5 Å². The standard InChI is InChI=1S/C51H62N6O8/c1-50(2,36-13-18-41(19-14-36)65-32-38-23-25-53-49(54-38)56-33-51(34-56)30-39(58)31-51)35-11-16-40(17-12-35)64-28-9-6-4-3-5-8-26-63-27-10-7-24-52-37-15-20-42-43(29-37)48(62)57(47(42)61)44-21-22-45(59)55-46(44)60/h11-20,23,25,29,39,44,52,58H,3-10,21-22,24,26-28,30-34H2,1-2H3,(H,55,59,60). The van der Waals surface area contributed by atoms with Gasteiger partial charge < -0.3 is 29.5 Å². The zero-order valence-electron chi connectivity index (χ0n) is 37.7. The van der Waals surface area contributed by atoms with Gasteiger partial charge in [0.05, 0.1) is 29.5 Å². The number of nitrogens with zero attached hydrogens (tertiary/aromatic N) is 4. The lowest BCUT2D eigenvalue weighted by Crippen LogP contribution is -2.64. The van der Waals surface area contributed by atoms with Crippen LogP contribution in [0.25, 0.3) is 0 Å². The summed E-state index contributed by atoms with van der Waals surface area (Å²) in [4.78, 5) is 62.1. The molecule has 3 N–H and O–H groups in total. The van der Waals surface area contributed by atoms with E-state index in [2.05, 4.69) is 70.8 Å². The quantitative estimate of drug-likeness (QED) is 0.0500. The molecule has 1 aromatic heterocycles. The Labute approximate surface area is 381 Å². The summed E-state index contributed by atoms with van der Waals surface area (Å²) in [5, 5.41) is 15.2. The van der Waals surface area contributed by atoms with E-state index in [1.165, 1.54) is 24.0 Å². The van der Waals surface area contributed by atoms with E-state index >= 15 is 0 Å². The molecule has 0 bridgehead atoms. The number of hydrogen-bond donors (Lipinski definition) is 3. The smallest absolute Gasteiger partial charge is 0.262 e. The van der Waals surface area contributed by atoms with E-state index in [-0.39, 0.29) is 40.9 Å². The molecule has 1 atom stereocenters. The Balaban J connectivity index is 0.636. The van der Waals surface area contributed by atoms with E-state index in [1.54, 1.807) is 24.4 Å². The number of piperidine rings is 1. The summed E-state index contributed by atoms with van der Waals surface area (Å²) in [5.74, 6) is 0.408. The second kappa shape index (κ2) is 20.5. The highest BCUT2D eigenvalue weighted by Gasteiger charge is 2.52. The maximum Gasteiger partial charge on any atom is 0.262 e. The second-order valence-corrected chi connectivity index (χ2v) is 18.7. The minimum Gasteiger partial charge on any atom is -0.494 e. The van der Waals surface area contributed by atoms with Gasteiger partial charge in [0, 0.05) is 62.0 Å². The van der Waals surface area contributed by atoms with Gasteiger partial charge in [-0.25, -0.2) is 9.97 Å². The van der Waals surface area contributed by atoms with Gasteiger partial charge in [-0.3, -0.25) is 29.4 Å². The van der Waals surface area contributed by atoms with Crippen molar-refractivity contribution in [3.8, 4) is 11.5 Å². The van der Waals surface area contributed by atoms with E-state index in [0.717, 1.165) is 105 Å². The average molecular weight is 887 g/mol. The van der Waals surface area contributed by atoms with Gasteiger partial charge in [0.15, 0.2) is 0 Å². The number of imide groups is 2. The van der Waals surface area contributed by atoms with E-state index < -0.39 is 29.7 Å². The molecule has 344 valence electrons. The van der Waals surface area contributed by atoms with Gasteiger partial charge in [-0.1, -0.05) is 63.8 Å². The van der Waals surface area contributed by atoms with Crippen LogP contribution in [-0.4, -0.2) is 95.2 Å². The minimum atomic E-state index is -0.968. The highest BCUT2D eigenvalue weighted by molar-refractivity contribution is 6.23. The summed E-state index contributed by atoms with van der Waals surface area (Å²) < 4.78 is 18.0. The Morgan fingerprint density at radius 3 is 2.08 bits per heavy atom. The third-order valence-corrected chi connectivity index (χ3v) is 13.3. The van der Waals surface area contributed by atoms with Crippen molar-refractivity contribution in [2.45, 2.75) is 115 Å². The number of unbranched alkanes of at least 4 members (excludes halogenated alkanes) is 6. The fourth-order valence-corrected chi connectivity index (χ4v) is 9.43. The number of aromatic nitrogens is 2. The first-order valence-corrected chi connectivity index (χ1v) is 23.4. The number of aliphatic hydroxyl groups is 1. The normalized spacial score (nSPS) is 18.0. The molecule has 1 aliphatic carbocycles. The molecule has 1 spiro atoms. The van der Waals surface area contributed by atoms with Crippen molar-refractivity contribution in [2.24, 2.45) is 5.41 Å². The number of benzene rings is 3. The van der Waals surface area contributed by atoms with Crippen LogP contribution in [0.15, 0.2) is 79.0 Å². The van der Waals surface area contributed by atoms with Crippen LogP contribution < -0.4 is 25.0 Å². The number of carbonyl (C=O) groups is 4. The molecule has 14 nitrogen and oxygen atoms in total. The Bertz CT molecular complexity index is 2300. The average Bonchev–Trinajstić information content (AvgIpc) is 3.52. The highest BCUT2D eigenvalue weighted by atomic mass is 16.5. The molecular formula is C51H62N6O8. The Kier molecular flexibility index (Phi) is 14.4. The molecule has 14 heteroatoms.